The van der Waals surface area contributed by atoms with E-state index in [1.807, 2.05) is 43.3 Å². The van der Waals surface area contributed by atoms with Crippen molar-refractivity contribution in [3.8, 4) is 5.75 Å². The van der Waals surface area contributed by atoms with Crippen LogP contribution in [0.4, 0.5) is 0 Å². The predicted molar refractivity (Wildman–Crippen MR) is 114 cm³/mol. The van der Waals surface area contributed by atoms with Crippen LogP contribution in [0.25, 0.3) is 6.08 Å². The minimum absolute atomic E-state index is 0.0692. The molecule has 1 saturated heterocycles. The Balaban J connectivity index is 1.75. The number of aliphatic carboxylic acids is 1. The molecule has 1 aliphatic rings. The van der Waals surface area contributed by atoms with Gasteiger partial charge in [-0.05, 0) is 36.3 Å². The maximum atomic E-state index is 12.9. The summed E-state index contributed by atoms with van der Waals surface area (Å²) < 4.78 is 5.98. The largest absolute Gasteiger partial charge is 0.493 e. The van der Waals surface area contributed by atoms with Crippen molar-refractivity contribution in [2.45, 2.75) is 19.4 Å². The Kier molecular flexibility index (Phi) is 6.49. The standard InChI is InChI=1S/C21H19NO4S2/c1-14(16-7-3-2-4-8-16)22-20(25)18(28-21(22)27)13-15-6-5-9-17(12-15)26-11-10-19(23)24/h2-9,12-14H,10-11H2,1H3,(H,23,24)/b18-13+. The molecule has 2 aromatic rings. The minimum atomic E-state index is -0.910. The molecule has 0 radical (unpaired) electrons. The molecule has 7 heteroatoms. The average Bonchev–Trinajstić information content (AvgIpc) is 2.95. The summed E-state index contributed by atoms with van der Waals surface area (Å²) >= 11 is 6.72. The lowest BCUT2D eigenvalue weighted by Crippen LogP contribution is -2.30. The van der Waals surface area contributed by atoms with E-state index in [-0.39, 0.29) is 25.0 Å². The van der Waals surface area contributed by atoms with Gasteiger partial charge in [0.1, 0.15) is 10.1 Å². The number of hydrogen-bond donors (Lipinski definition) is 1. The second kappa shape index (κ2) is 9.03. The lowest BCUT2D eigenvalue weighted by Gasteiger charge is -2.23. The van der Waals surface area contributed by atoms with Crippen LogP contribution < -0.4 is 4.74 Å². The zero-order chi connectivity index (χ0) is 20.1. The molecule has 1 aliphatic heterocycles. The molecule has 144 valence electrons. The van der Waals surface area contributed by atoms with Crippen molar-refractivity contribution in [2.75, 3.05) is 6.61 Å². The molecular weight excluding hydrogens is 394 g/mol. The van der Waals surface area contributed by atoms with Gasteiger partial charge in [-0.2, -0.15) is 0 Å². The first-order valence-corrected chi connectivity index (χ1v) is 9.95. The van der Waals surface area contributed by atoms with E-state index in [0.717, 1.165) is 11.1 Å². The second-order valence-corrected chi connectivity index (χ2v) is 7.88. The lowest BCUT2D eigenvalue weighted by molar-refractivity contribution is -0.137. The van der Waals surface area contributed by atoms with Crippen molar-refractivity contribution in [3.05, 3.63) is 70.6 Å². The van der Waals surface area contributed by atoms with E-state index in [9.17, 15) is 9.59 Å². The first kappa shape index (κ1) is 20.1. The highest BCUT2D eigenvalue weighted by molar-refractivity contribution is 8.26. The fourth-order valence-electron chi connectivity index (χ4n) is 2.80. The molecule has 1 heterocycles. The molecule has 1 atom stereocenters. The Morgan fingerprint density at radius 2 is 2.00 bits per heavy atom. The molecule has 0 aliphatic carbocycles. The highest BCUT2D eigenvalue weighted by atomic mass is 32.2. The van der Waals surface area contributed by atoms with Gasteiger partial charge in [0, 0.05) is 0 Å². The van der Waals surface area contributed by atoms with E-state index in [1.54, 1.807) is 29.2 Å². The van der Waals surface area contributed by atoms with Crippen molar-refractivity contribution in [2.24, 2.45) is 0 Å². The van der Waals surface area contributed by atoms with Gasteiger partial charge in [-0.25, -0.2) is 0 Å². The first-order valence-electron chi connectivity index (χ1n) is 8.72. The van der Waals surface area contributed by atoms with Crippen molar-refractivity contribution < 1.29 is 19.4 Å². The van der Waals surface area contributed by atoms with E-state index in [0.29, 0.717) is 15.0 Å². The van der Waals surface area contributed by atoms with E-state index in [1.165, 1.54) is 11.8 Å². The van der Waals surface area contributed by atoms with Crippen molar-refractivity contribution >= 4 is 46.3 Å². The zero-order valence-corrected chi connectivity index (χ0v) is 16.8. The van der Waals surface area contributed by atoms with Gasteiger partial charge in [-0.1, -0.05) is 66.4 Å². The Labute approximate surface area is 173 Å². The van der Waals surface area contributed by atoms with Gasteiger partial charge in [0.05, 0.1) is 24.0 Å². The SMILES string of the molecule is CC(c1ccccc1)N1C(=O)/C(=C\c2cccc(OCCC(=O)O)c2)SC1=S. The highest BCUT2D eigenvalue weighted by Gasteiger charge is 2.35. The molecular formula is C21H19NO4S2. The van der Waals surface area contributed by atoms with Gasteiger partial charge in [-0.15, -0.1) is 0 Å². The van der Waals surface area contributed by atoms with E-state index in [4.69, 9.17) is 22.1 Å². The number of carboxylic acid groups (broad SMARTS) is 1. The van der Waals surface area contributed by atoms with Crippen LogP contribution in [0.15, 0.2) is 59.5 Å². The van der Waals surface area contributed by atoms with Crippen molar-refractivity contribution in [1.82, 2.24) is 4.90 Å². The summed E-state index contributed by atoms with van der Waals surface area (Å²) in [6.45, 7) is 2.05. The van der Waals surface area contributed by atoms with Crippen LogP contribution in [0.5, 0.6) is 5.75 Å². The van der Waals surface area contributed by atoms with Crippen molar-refractivity contribution in [1.29, 1.82) is 0 Å². The van der Waals surface area contributed by atoms with Gasteiger partial charge in [0.25, 0.3) is 5.91 Å². The fourth-order valence-corrected chi connectivity index (χ4v) is 4.21. The van der Waals surface area contributed by atoms with Crippen LogP contribution in [0, 0.1) is 0 Å². The number of carbonyl (C=O) groups excluding carboxylic acids is 1. The molecule has 0 bridgehead atoms. The normalized spacial score (nSPS) is 16.5. The number of rotatable bonds is 7. The molecule has 0 spiro atoms. The Hall–Kier alpha value is -2.64. The average molecular weight is 414 g/mol. The fraction of sp³-hybridized carbons (Fsp3) is 0.190. The van der Waals surface area contributed by atoms with Crippen LogP contribution in [-0.4, -0.2) is 32.8 Å². The topological polar surface area (TPSA) is 66.8 Å². The van der Waals surface area contributed by atoms with Crippen LogP contribution in [-0.2, 0) is 9.59 Å². The molecule has 1 N–H and O–H groups in total. The third-order valence-electron chi connectivity index (χ3n) is 4.23. The maximum Gasteiger partial charge on any atom is 0.306 e. The number of thiocarbonyl (C=S) groups is 1. The number of carbonyl (C=O) groups is 2. The quantitative estimate of drug-likeness (QED) is 0.532. The van der Waals surface area contributed by atoms with Crippen molar-refractivity contribution in [3.63, 3.8) is 0 Å². The summed E-state index contributed by atoms with van der Waals surface area (Å²) in [5.74, 6) is -0.473. The Morgan fingerprint density at radius 1 is 1.25 bits per heavy atom. The molecule has 3 rings (SSSR count). The van der Waals surface area contributed by atoms with Gasteiger partial charge in [0.2, 0.25) is 0 Å². The lowest BCUT2D eigenvalue weighted by atomic mass is 10.1. The third-order valence-corrected chi connectivity index (χ3v) is 5.56. The molecule has 1 amide bonds. The number of carboxylic acids is 1. The highest BCUT2D eigenvalue weighted by Crippen LogP contribution is 2.38. The predicted octanol–water partition coefficient (Wildman–Crippen LogP) is 4.50. The zero-order valence-electron chi connectivity index (χ0n) is 15.2. The number of thioether (sulfide) groups is 1. The molecule has 0 aromatic heterocycles. The van der Waals surface area contributed by atoms with E-state index >= 15 is 0 Å². The van der Waals surface area contributed by atoms with Gasteiger partial charge < -0.3 is 9.84 Å². The number of hydrogen-bond acceptors (Lipinski definition) is 5. The van der Waals surface area contributed by atoms with Crippen LogP contribution in [0.1, 0.15) is 30.5 Å². The van der Waals surface area contributed by atoms with Crippen LogP contribution >= 0.6 is 24.0 Å². The minimum Gasteiger partial charge on any atom is -0.493 e. The van der Waals surface area contributed by atoms with Gasteiger partial charge in [0.15, 0.2) is 0 Å². The number of benzene rings is 2. The van der Waals surface area contributed by atoms with Gasteiger partial charge in [-0.3, -0.25) is 14.5 Å². The number of amides is 1. The Morgan fingerprint density at radius 3 is 2.71 bits per heavy atom. The monoisotopic (exact) mass is 413 g/mol. The molecule has 2 aromatic carbocycles. The summed E-state index contributed by atoms with van der Waals surface area (Å²) in [6, 6.07) is 16.8. The second-order valence-electron chi connectivity index (χ2n) is 6.20. The summed E-state index contributed by atoms with van der Waals surface area (Å²) in [6.07, 6.45) is 1.71. The number of ether oxygens (including phenoxy) is 1. The summed E-state index contributed by atoms with van der Waals surface area (Å²) in [7, 11) is 0. The molecule has 5 nitrogen and oxygen atoms in total. The summed E-state index contributed by atoms with van der Waals surface area (Å²) in [5, 5.41) is 8.70. The van der Waals surface area contributed by atoms with E-state index < -0.39 is 5.97 Å². The van der Waals surface area contributed by atoms with Crippen LogP contribution in [0.3, 0.4) is 0 Å². The van der Waals surface area contributed by atoms with Gasteiger partial charge >= 0.3 is 5.97 Å². The summed E-state index contributed by atoms with van der Waals surface area (Å²) in [5.41, 5.74) is 1.81. The smallest absolute Gasteiger partial charge is 0.306 e. The third kappa shape index (κ3) is 4.79. The molecule has 0 saturated carbocycles. The summed E-state index contributed by atoms with van der Waals surface area (Å²) in [4.78, 5) is 25.7. The molecule has 28 heavy (non-hydrogen) atoms. The first-order chi connectivity index (χ1) is 13.5. The molecule has 1 unspecified atom stereocenters. The van der Waals surface area contributed by atoms with E-state index in [2.05, 4.69) is 0 Å². The molecule has 1 fully saturated rings. The number of nitrogens with zero attached hydrogens (tertiary/aromatic N) is 1. The van der Waals surface area contributed by atoms with Crippen LogP contribution in [0.2, 0.25) is 0 Å². The maximum absolute atomic E-state index is 12.9. The Bertz CT molecular complexity index is 927.